The smallest absolute Gasteiger partial charge is 0.323 e. The number of nitrogens with one attached hydrogen (secondary N) is 1. The average molecular weight is 300 g/mol. The van der Waals surface area contributed by atoms with Gasteiger partial charge in [0.15, 0.2) is 0 Å². The lowest BCUT2D eigenvalue weighted by Gasteiger charge is -2.06. The fourth-order valence-electron chi connectivity index (χ4n) is 1.43. The van der Waals surface area contributed by atoms with Gasteiger partial charge in [-0.2, -0.15) is 15.0 Å². The van der Waals surface area contributed by atoms with E-state index in [0.29, 0.717) is 19.1 Å². The van der Waals surface area contributed by atoms with Crippen LogP contribution in [0.25, 0.3) is 0 Å². The summed E-state index contributed by atoms with van der Waals surface area (Å²) in [5, 5.41) is 3.08. The number of nitrogen functional groups attached to an aromatic ring is 1. The van der Waals surface area contributed by atoms with E-state index in [4.69, 9.17) is 22.1 Å². The summed E-state index contributed by atoms with van der Waals surface area (Å²) in [6, 6.07) is 4.12. The quantitative estimate of drug-likeness (QED) is 0.850. The number of ether oxygens (including phenoxy) is 1. The second-order valence-electron chi connectivity index (χ2n) is 3.62. The van der Waals surface area contributed by atoms with Crippen LogP contribution in [0.1, 0.15) is 11.8 Å². The molecule has 0 aromatic carbocycles. The van der Waals surface area contributed by atoms with Crippen LogP contribution in [0, 0.1) is 0 Å². The number of hydrogen-bond acceptors (Lipinski definition) is 7. The first-order valence-corrected chi connectivity index (χ1v) is 6.99. The summed E-state index contributed by atoms with van der Waals surface area (Å²) in [5.74, 6) is 0.554. The predicted octanol–water partition coefficient (Wildman–Crippen LogP) is 2.22. The highest BCUT2D eigenvalue weighted by Crippen LogP contribution is 2.21. The zero-order valence-electron chi connectivity index (χ0n) is 10.4. The Kier molecular flexibility index (Phi) is 4.75. The van der Waals surface area contributed by atoms with Crippen LogP contribution in [0.15, 0.2) is 12.1 Å². The first-order chi connectivity index (χ1) is 9.17. The van der Waals surface area contributed by atoms with E-state index in [-0.39, 0.29) is 12.0 Å². The van der Waals surface area contributed by atoms with E-state index in [1.807, 2.05) is 19.1 Å². The molecule has 0 saturated carbocycles. The molecule has 0 saturated heterocycles. The van der Waals surface area contributed by atoms with Crippen molar-refractivity contribution in [2.75, 3.05) is 24.2 Å². The van der Waals surface area contributed by atoms with Crippen molar-refractivity contribution in [2.45, 2.75) is 13.3 Å². The minimum Gasteiger partial charge on any atom is -0.464 e. The summed E-state index contributed by atoms with van der Waals surface area (Å²) < 4.78 is 5.99. The molecule has 0 fully saturated rings. The molecule has 2 aromatic rings. The zero-order chi connectivity index (χ0) is 13.7. The van der Waals surface area contributed by atoms with Gasteiger partial charge in [-0.25, -0.2) is 0 Å². The lowest BCUT2D eigenvalue weighted by Crippen LogP contribution is -2.11. The number of halogens is 1. The third kappa shape index (κ3) is 4.22. The van der Waals surface area contributed by atoms with Crippen molar-refractivity contribution in [2.24, 2.45) is 0 Å². The van der Waals surface area contributed by atoms with Crippen molar-refractivity contribution in [3.05, 3.63) is 21.3 Å². The van der Waals surface area contributed by atoms with Gasteiger partial charge in [-0.05, 0) is 25.5 Å². The van der Waals surface area contributed by atoms with E-state index in [1.54, 1.807) is 11.3 Å². The Morgan fingerprint density at radius 2 is 2.21 bits per heavy atom. The van der Waals surface area contributed by atoms with Crippen LogP contribution in [0.2, 0.25) is 4.34 Å². The summed E-state index contributed by atoms with van der Waals surface area (Å²) >= 11 is 7.42. The van der Waals surface area contributed by atoms with Gasteiger partial charge >= 0.3 is 6.01 Å². The molecule has 0 radical (unpaired) electrons. The summed E-state index contributed by atoms with van der Waals surface area (Å²) in [6.07, 6.45) is 0.840. The molecule has 0 unspecified atom stereocenters. The van der Waals surface area contributed by atoms with Crippen molar-refractivity contribution in [3.8, 4) is 6.01 Å². The van der Waals surface area contributed by atoms with E-state index in [1.165, 1.54) is 4.88 Å². The van der Waals surface area contributed by atoms with Gasteiger partial charge in [0.2, 0.25) is 11.9 Å². The number of nitrogens with zero attached hydrogens (tertiary/aromatic N) is 3. The van der Waals surface area contributed by atoms with Crippen molar-refractivity contribution in [1.29, 1.82) is 0 Å². The second-order valence-corrected chi connectivity index (χ2v) is 5.42. The molecule has 0 bridgehead atoms. The Labute approximate surface area is 120 Å². The number of nitrogens with two attached hydrogens (primary N) is 1. The van der Waals surface area contributed by atoms with Crippen LogP contribution in [-0.4, -0.2) is 28.1 Å². The van der Waals surface area contributed by atoms with Gasteiger partial charge in [0.05, 0.1) is 10.9 Å². The summed E-state index contributed by atoms with van der Waals surface area (Å²) in [5.41, 5.74) is 5.58. The van der Waals surface area contributed by atoms with E-state index >= 15 is 0 Å². The minimum atomic E-state index is 0.139. The van der Waals surface area contributed by atoms with Gasteiger partial charge in [0, 0.05) is 11.4 Å². The summed E-state index contributed by atoms with van der Waals surface area (Å²) in [6.45, 7) is 3.02. The second kappa shape index (κ2) is 6.53. The minimum absolute atomic E-state index is 0.139. The molecule has 102 valence electrons. The Hall–Kier alpha value is -1.60. The number of hydrogen-bond donors (Lipinski definition) is 2. The van der Waals surface area contributed by atoms with Gasteiger partial charge in [0.25, 0.3) is 0 Å². The Morgan fingerprint density at radius 1 is 1.37 bits per heavy atom. The lowest BCUT2D eigenvalue weighted by atomic mass is 10.3. The molecule has 0 amide bonds. The first-order valence-electron chi connectivity index (χ1n) is 5.80. The van der Waals surface area contributed by atoms with Crippen molar-refractivity contribution in [3.63, 3.8) is 0 Å². The highest BCUT2D eigenvalue weighted by molar-refractivity contribution is 7.16. The molecule has 2 aromatic heterocycles. The number of rotatable bonds is 6. The van der Waals surface area contributed by atoms with Crippen LogP contribution in [0.4, 0.5) is 11.9 Å². The van der Waals surface area contributed by atoms with Gasteiger partial charge in [-0.1, -0.05) is 11.6 Å². The SMILES string of the molecule is CCOc1nc(N)nc(NCCc2ccc(Cl)s2)n1. The first kappa shape index (κ1) is 13.8. The maximum absolute atomic E-state index is 5.86. The van der Waals surface area contributed by atoms with E-state index in [2.05, 4.69) is 20.3 Å². The molecular weight excluding hydrogens is 286 g/mol. The summed E-state index contributed by atoms with van der Waals surface area (Å²) in [4.78, 5) is 13.2. The molecular formula is C11H14ClN5OS. The van der Waals surface area contributed by atoms with E-state index in [0.717, 1.165) is 10.8 Å². The van der Waals surface area contributed by atoms with Crippen molar-refractivity contribution >= 4 is 34.8 Å². The van der Waals surface area contributed by atoms with Crippen LogP contribution in [-0.2, 0) is 6.42 Å². The molecule has 3 N–H and O–H groups in total. The average Bonchev–Trinajstić information content (AvgIpc) is 2.75. The Morgan fingerprint density at radius 3 is 2.89 bits per heavy atom. The third-order valence-corrected chi connectivity index (χ3v) is 3.48. The normalized spacial score (nSPS) is 10.4. The molecule has 19 heavy (non-hydrogen) atoms. The fraction of sp³-hybridized carbons (Fsp3) is 0.364. The van der Waals surface area contributed by atoms with Crippen molar-refractivity contribution < 1.29 is 4.74 Å². The molecule has 2 heterocycles. The highest BCUT2D eigenvalue weighted by Gasteiger charge is 2.05. The van der Waals surface area contributed by atoms with Gasteiger partial charge in [0.1, 0.15) is 0 Å². The number of thiophene rings is 1. The maximum atomic E-state index is 5.86. The molecule has 0 spiro atoms. The van der Waals surface area contributed by atoms with Crippen LogP contribution >= 0.6 is 22.9 Å². The molecule has 0 aliphatic carbocycles. The number of aromatic nitrogens is 3. The maximum Gasteiger partial charge on any atom is 0.323 e. The van der Waals surface area contributed by atoms with Crippen LogP contribution in [0.5, 0.6) is 6.01 Å². The van der Waals surface area contributed by atoms with Crippen molar-refractivity contribution in [1.82, 2.24) is 15.0 Å². The lowest BCUT2D eigenvalue weighted by molar-refractivity contribution is 0.312. The third-order valence-electron chi connectivity index (χ3n) is 2.19. The van der Waals surface area contributed by atoms with Crippen LogP contribution in [0.3, 0.4) is 0 Å². The standard InChI is InChI=1S/C11H14ClN5OS/c1-2-18-11-16-9(13)15-10(17-11)14-6-5-7-3-4-8(12)19-7/h3-4H,2,5-6H2,1H3,(H3,13,14,15,16,17). The van der Waals surface area contributed by atoms with E-state index < -0.39 is 0 Å². The Bertz CT molecular complexity index is 548. The topological polar surface area (TPSA) is 86.0 Å². The molecule has 0 aliphatic heterocycles. The number of anilines is 2. The predicted molar refractivity (Wildman–Crippen MR) is 76.9 cm³/mol. The zero-order valence-corrected chi connectivity index (χ0v) is 12.0. The van der Waals surface area contributed by atoms with Crippen LogP contribution < -0.4 is 15.8 Å². The van der Waals surface area contributed by atoms with Gasteiger partial charge in [-0.3, -0.25) is 0 Å². The monoisotopic (exact) mass is 299 g/mol. The fourth-order valence-corrected chi connectivity index (χ4v) is 2.52. The molecule has 0 aliphatic rings. The van der Waals surface area contributed by atoms with Gasteiger partial charge in [-0.15, -0.1) is 11.3 Å². The molecule has 6 nitrogen and oxygen atoms in total. The molecule has 2 rings (SSSR count). The van der Waals surface area contributed by atoms with E-state index in [9.17, 15) is 0 Å². The largest absolute Gasteiger partial charge is 0.464 e. The highest BCUT2D eigenvalue weighted by atomic mass is 35.5. The van der Waals surface area contributed by atoms with Gasteiger partial charge < -0.3 is 15.8 Å². The molecule has 0 atom stereocenters. The Balaban J connectivity index is 1.91. The molecule has 8 heteroatoms. The summed E-state index contributed by atoms with van der Waals surface area (Å²) in [7, 11) is 0.